The lowest BCUT2D eigenvalue weighted by Crippen LogP contribution is -2.19. The lowest BCUT2D eigenvalue weighted by molar-refractivity contribution is 0.0715. The van der Waals surface area contributed by atoms with Crippen LogP contribution in [0.25, 0.3) is 10.9 Å². The SMILES string of the molecule is CC(C)(O)CCc1cc(Br)cc2[nH]ncc12. The quantitative estimate of drug-likeness (QED) is 0.909. The third-order valence-electron chi connectivity index (χ3n) is 2.62. The van der Waals surface area contributed by atoms with Gasteiger partial charge >= 0.3 is 0 Å². The van der Waals surface area contributed by atoms with Gasteiger partial charge in [-0.2, -0.15) is 5.10 Å². The maximum atomic E-state index is 9.74. The summed E-state index contributed by atoms with van der Waals surface area (Å²) in [5.74, 6) is 0. The molecule has 2 rings (SSSR count). The van der Waals surface area contributed by atoms with Crippen LogP contribution in [0.15, 0.2) is 22.8 Å². The Morgan fingerprint density at radius 1 is 1.44 bits per heavy atom. The van der Waals surface area contributed by atoms with Crippen molar-refractivity contribution in [2.45, 2.75) is 32.3 Å². The molecule has 0 aliphatic carbocycles. The lowest BCUT2D eigenvalue weighted by Gasteiger charge is -2.17. The van der Waals surface area contributed by atoms with Crippen molar-refractivity contribution in [3.8, 4) is 0 Å². The molecular formula is C12H15BrN2O. The van der Waals surface area contributed by atoms with Crippen LogP contribution in [0, 0.1) is 0 Å². The molecule has 0 saturated carbocycles. The zero-order valence-electron chi connectivity index (χ0n) is 9.42. The van der Waals surface area contributed by atoms with E-state index in [1.807, 2.05) is 26.1 Å². The monoisotopic (exact) mass is 282 g/mol. The summed E-state index contributed by atoms with van der Waals surface area (Å²) in [6, 6.07) is 4.10. The van der Waals surface area contributed by atoms with E-state index in [1.54, 1.807) is 0 Å². The zero-order valence-corrected chi connectivity index (χ0v) is 11.0. The van der Waals surface area contributed by atoms with Crippen LogP contribution in [0.3, 0.4) is 0 Å². The van der Waals surface area contributed by atoms with Gasteiger partial charge in [0.2, 0.25) is 0 Å². The van der Waals surface area contributed by atoms with Crippen LogP contribution in [-0.4, -0.2) is 20.9 Å². The number of nitrogens with one attached hydrogen (secondary N) is 1. The number of nitrogens with zero attached hydrogens (tertiary/aromatic N) is 1. The molecule has 1 aromatic heterocycles. The summed E-state index contributed by atoms with van der Waals surface area (Å²) in [6.45, 7) is 3.66. The fourth-order valence-corrected chi connectivity index (χ4v) is 2.24. The second-order valence-electron chi connectivity index (χ2n) is 4.71. The molecule has 16 heavy (non-hydrogen) atoms. The Morgan fingerprint density at radius 3 is 2.88 bits per heavy atom. The maximum absolute atomic E-state index is 9.74. The summed E-state index contributed by atoms with van der Waals surface area (Å²) in [7, 11) is 0. The van der Waals surface area contributed by atoms with Crippen LogP contribution in [0.1, 0.15) is 25.8 Å². The van der Waals surface area contributed by atoms with Crippen molar-refractivity contribution in [3.05, 3.63) is 28.4 Å². The lowest BCUT2D eigenvalue weighted by atomic mass is 9.97. The maximum Gasteiger partial charge on any atom is 0.0664 e. The van der Waals surface area contributed by atoms with Gasteiger partial charge in [0.15, 0.2) is 0 Å². The van der Waals surface area contributed by atoms with Crippen LogP contribution in [0.4, 0.5) is 0 Å². The summed E-state index contributed by atoms with van der Waals surface area (Å²) in [4.78, 5) is 0. The summed E-state index contributed by atoms with van der Waals surface area (Å²) in [5.41, 5.74) is 1.61. The number of halogens is 1. The van der Waals surface area contributed by atoms with E-state index in [9.17, 15) is 5.11 Å². The van der Waals surface area contributed by atoms with E-state index in [0.717, 1.165) is 28.2 Å². The van der Waals surface area contributed by atoms with Gasteiger partial charge in [0.25, 0.3) is 0 Å². The van der Waals surface area contributed by atoms with Crippen LogP contribution >= 0.6 is 15.9 Å². The van der Waals surface area contributed by atoms with E-state index in [0.29, 0.717) is 0 Å². The molecule has 0 atom stereocenters. The van der Waals surface area contributed by atoms with Crippen molar-refractivity contribution in [1.82, 2.24) is 10.2 Å². The third kappa shape index (κ3) is 2.62. The topological polar surface area (TPSA) is 48.9 Å². The number of hydrogen-bond acceptors (Lipinski definition) is 2. The number of rotatable bonds is 3. The second-order valence-corrected chi connectivity index (χ2v) is 5.62. The largest absolute Gasteiger partial charge is 0.390 e. The van der Waals surface area contributed by atoms with Crippen molar-refractivity contribution in [2.24, 2.45) is 0 Å². The Balaban J connectivity index is 2.32. The number of hydrogen-bond donors (Lipinski definition) is 2. The molecule has 3 nitrogen and oxygen atoms in total. The van der Waals surface area contributed by atoms with Crippen LogP contribution in [0.2, 0.25) is 0 Å². The van der Waals surface area contributed by atoms with E-state index < -0.39 is 5.60 Å². The molecule has 1 aromatic carbocycles. The van der Waals surface area contributed by atoms with E-state index in [4.69, 9.17) is 0 Å². The molecule has 1 heterocycles. The fourth-order valence-electron chi connectivity index (χ4n) is 1.73. The molecule has 0 spiro atoms. The van der Waals surface area contributed by atoms with Gasteiger partial charge in [0.05, 0.1) is 17.3 Å². The first-order valence-corrected chi connectivity index (χ1v) is 6.09. The van der Waals surface area contributed by atoms with E-state index in [1.165, 1.54) is 5.56 Å². The number of aryl methyl sites for hydroxylation is 1. The van der Waals surface area contributed by atoms with Gasteiger partial charge in [-0.05, 0) is 44.4 Å². The molecule has 0 unspecified atom stereocenters. The average Bonchev–Trinajstić information content (AvgIpc) is 2.60. The van der Waals surface area contributed by atoms with E-state index in [-0.39, 0.29) is 0 Å². The summed E-state index contributed by atoms with van der Waals surface area (Å²) < 4.78 is 1.04. The van der Waals surface area contributed by atoms with Crippen LogP contribution < -0.4 is 0 Å². The first kappa shape index (κ1) is 11.6. The molecule has 0 radical (unpaired) electrons. The highest BCUT2D eigenvalue weighted by Gasteiger charge is 2.14. The summed E-state index contributed by atoms with van der Waals surface area (Å²) in [6.07, 6.45) is 3.42. The van der Waals surface area contributed by atoms with Gasteiger partial charge in [0.1, 0.15) is 0 Å². The number of benzene rings is 1. The Bertz CT molecular complexity index is 499. The Hall–Kier alpha value is -0.870. The minimum atomic E-state index is -0.627. The number of aromatic amines is 1. The molecule has 2 aromatic rings. The molecule has 2 N–H and O–H groups in total. The first-order chi connectivity index (χ1) is 7.46. The minimum absolute atomic E-state index is 0.627. The van der Waals surface area contributed by atoms with Crippen molar-refractivity contribution >= 4 is 26.8 Å². The van der Waals surface area contributed by atoms with Gasteiger partial charge in [0, 0.05) is 9.86 Å². The number of aliphatic hydroxyl groups is 1. The summed E-state index contributed by atoms with van der Waals surface area (Å²) in [5, 5.41) is 17.9. The molecule has 4 heteroatoms. The standard InChI is InChI=1S/C12H15BrN2O/c1-12(2,16)4-3-8-5-9(13)6-11-10(8)7-14-15-11/h5-7,16H,3-4H2,1-2H3,(H,14,15). The van der Waals surface area contributed by atoms with Gasteiger partial charge < -0.3 is 5.11 Å². The highest BCUT2D eigenvalue weighted by Crippen LogP contribution is 2.25. The van der Waals surface area contributed by atoms with Crippen molar-refractivity contribution in [1.29, 1.82) is 0 Å². The predicted molar refractivity (Wildman–Crippen MR) is 68.4 cm³/mol. The third-order valence-corrected chi connectivity index (χ3v) is 3.07. The fraction of sp³-hybridized carbons (Fsp3) is 0.417. The number of H-pyrrole nitrogens is 1. The van der Waals surface area contributed by atoms with Crippen molar-refractivity contribution < 1.29 is 5.11 Å². The predicted octanol–water partition coefficient (Wildman–Crippen LogP) is 3.03. The average molecular weight is 283 g/mol. The Labute approximate surface area is 103 Å². The molecular weight excluding hydrogens is 268 g/mol. The highest BCUT2D eigenvalue weighted by atomic mass is 79.9. The second kappa shape index (κ2) is 4.18. The zero-order chi connectivity index (χ0) is 11.8. The van der Waals surface area contributed by atoms with Gasteiger partial charge in [-0.1, -0.05) is 15.9 Å². The van der Waals surface area contributed by atoms with Crippen LogP contribution in [-0.2, 0) is 6.42 Å². The molecule has 0 aliphatic rings. The molecule has 0 aliphatic heterocycles. The molecule has 0 saturated heterocycles. The minimum Gasteiger partial charge on any atom is -0.390 e. The molecule has 86 valence electrons. The van der Waals surface area contributed by atoms with Gasteiger partial charge in [-0.3, -0.25) is 5.10 Å². The van der Waals surface area contributed by atoms with E-state index in [2.05, 4.69) is 32.2 Å². The molecule has 0 bridgehead atoms. The number of fused-ring (bicyclic) bond motifs is 1. The highest BCUT2D eigenvalue weighted by molar-refractivity contribution is 9.10. The molecule has 0 fully saturated rings. The van der Waals surface area contributed by atoms with Crippen molar-refractivity contribution in [3.63, 3.8) is 0 Å². The van der Waals surface area contributed by atoms with Crippen molar-refractivity contribution in [2.75, 3.05) is 0 Å². The van der Waals surface area contributed by atoms with Crippen LogP contribution in [0.5, 0.6) is 0 Å². The Morgan fingerprint density at radius 2 is 2.19 bits per heavy atom. The summed E-state index contributed by atoms with van der Waals surface area (Å²) >= 11 is 3.48. The van der Waals surface area contributed by atoms with E-state index >= 15 is 0 Å². The smallest absolute Gasteiger partial charge is 0.0664 e. The van der Waals surface area contributed by atoms with Gasteiger partial charge in [-0.25, -0.2) is 0 Å². The first-order valence-electron chi connectivity index (χ1n) is 5.29. The van der Waals surface area contributed by atoms with Gasteiger partial charge in [-0.15, -0.1) is 0 Å². The Kier molecular flexibility index (Phi) is 3.04. The molecule has 0 amide bonds. The number of aromatic nitrogens is 2. The normalized spacial score (nSPS) is 12.2.